The van der Waals surface area contributed by atoms with Gasteiger partial charge in [0.05, 0.1) is 0 Å². The van der Waals surface area contributed by atoms with Gasteiger partial charge < -0.3 is 12.8 Å². The fourth-order valence-electron chi connectivity index (χ4n) is 0. The van der Waals surface area contributed by atoms with Crippen LogP contribution >= 0.6 is 0 Å². The normalized spacial score (nSPS) is 0.973. The first-order valence-electron chi connectivity index (χ1n) is 2.31. The second kappa shape index (κ2) is 256. The van der Waals surface area contributed by atoms with Crippen molar-refractivity contribution in [2.24, 2.45) is 0 Å². The minimum atomic E-state index is 0. The molecule has 0 aromatic heterocycles. The molecule has 0 aromatic carbocycles. The smallest absolute Gasteiger partial charge is 0 e. The van der Waals surface area contributed by atoms with E-state index < -0.39 is 0 Å². The van der Waals surface area contributed by atoms with Crippen molar-refractivity contribution < 1.29 is 1010 Å². The molecular formula is C6H14Y31-2. The van der Waals surface area contributed by atoms with E-state index >= 15 is 0 Å². The molecule has 0 saturated carbocycles. The van der Waals surface area contributed by atoms with Crippen LogP contribution in [0.15, 0.2) is 0 Å². The van der Waals surface area contributed by atoms with E-state index in [0.29, 0.717) is 0 Å². The topological polar surface area (TPSA) is 0 Å². The Morgan fingerprint density at radius 2 is 0.135 bits per heavy atom. The number of hydrogen-bond donors (Lipinski definition) is 0. The van der Waals surface area contributed by atoms with E-state index in [1.807, 2.05) is 40.5 Å². The summed E-state index contributed by atoms with van der Waals surface area (Å²) in [6.45, 7) is 8.00. The monoisotopic (exact) mass is 2840 g/mol. The van der Waals surface area contributed by atoms with Crippen LogP contribution in [0.2, 0.25) is 0 Å². The van der Waals surface area contributed by atoms with Crippen LogP contribution in [0.5, 0.6) is 0 Å². The molecule has 0 bridgehead atoms. The average Bonchev–Trinajstić information content (AvgIpc) is 1.39. The second-order valence-electron chi connectivity index (χ2n) is 1.15. The molecule has 0 atom stereocenters. The first-order valence-corrected chi connectivity index (χ1v) is 2.31. The second-order valence-corrected chi connectivity index (χ2v) is 1.15. The van der Waals surface area contributed by atoms with Crippen LogP contribution < -0.4 is 0 Å². The van der Waals surface area contributed by atoms with E-state index in [-0.39, 0.29) is 1010 Å². The van der Waals surface area contributed by atoms with Gasteiger partial charge in [0.25, 0.3) is 0 Å². The van der Waals surface area contributed by atoms with Crippen LogP contribution in [0, 0.1) is 12.8 Å². The molecule has 0 rings (SSSR count). The van der Waals surface area contributed by atoms with Gasteiger partial charge in [-0.3, -0.25) is 0 Å². The summed E-state index contributed by atoms with van der Waals surface area (Å²) in [6, 6.07) is 0. The molecule has 0 nitrogen and oxygen atoms in total. The summed E-state index contributed by atoms with van der Waals surface area (Å²) in [5.74, 6) is 0. The van der Waals surface area contributed by atoms with Gasteiger partial charge in [-0.15, -0.1) is 0 Å². The molecule has 31 radical (unpaired) electrons. The molecule has 0 amide bonds. The molecule has 0 unspecified atom stereocenters. The molecule has 133 valence electrons. The molecule has 0 N–H and O–H groups in total. The maximum absolute atomic E-state index is 2.00. The maximum atomic E-state index is 2.00. The third-order valence-corrected chi connectivity index (χ3v) is 0. The molecule has 0 aromatic rings. The maximum Gasteiger partial charge on any atom is 0 e. The molecule has 0 heterocycles. The summed E-state index contributed by atoms with van der Waals surface area (Å²) in [5.41, 5.74) is 0. The van der Waals surface area contributed by atoms with Crippen LogP contribution in [-0.4, -0.2) is 0 Å². The largest absolute Gasteiger partial charge is 0.335 e. The van der Waals surface area contributed by atoms with Gasteiger partial charge in [0.1, 0.15) is 0 Å². The van der Waals surface area contributed by atoms with Crippen molar-refractivity contribution in [3.05, 3.63) is 12.8 Å². The Hall–Kier alpha value is 34.2. The SMILES string of the molecule is C[CH-]C.C[CH-]C.[Y].[Y].[Y].[Y].[Y].[Y].[Y].[Y].[Y].[Y].[Y].[Y].[Y].[Y].[Y].[Y].[Y].[Y].[Y].[Y].[Y].[Y].[Y].[Y].[Y].[Y].[Y].[Y].[Y].[Y].[Y]. The van der Waals surface area contributed by atoms with Gasteiger partial charge in [-0.05, 0) is 0 Å². The fraction of sp³-hybridized carbons (Fsp3) is 0.667. The zero-order chi connectivity index (χ0) is 5.41. The van der Waals surface area contributed by atoms with Gasteiger partial charge in [0.15, 0.2) is 0 Å². The van der Waals surface area contributed by atoms with Gasteiger partial charge in [-0.2, -0.15) is 27.7 Å². The van der Waals surface area contributed by atoms with Crippen molar-refractivity contribution in [1.82, 2.24) is 0 Å². The van der Waals surface area contributed by atoms with Crippen molar-refractivity contribution in [2.45, 2.75) is 27.7 Å². The Morgan fingerprint density at radius 3 is 0.135 bits per heavy atom. The Morgan fingerprint density at radius 1 is 0.135 bits per heavy atom. The van der Waals surface area contributed by atoms with Crippen molar-refractivity contribution in [2.75, 3.05) is 0 Å². The first-order chi connectivity index (χ1) is 2.83. The quantitative estimate of drug-likeness (QED) is 0.328. The predicted octanol–water partition coefficient (Wildman–Crippen LogP) is 2.38. The summed E-state index contributed by atoms with van der Waals surface area (Å²) in [5, 5.41) is 0. The molecule has 37 heavy (non-hydrogen) atoms. The van der Waals surface area contributed by atoms with Crippen LogP contribution in [0.3, 0.4) is 0 Å². The van der Waals surface area contributed by atoms with Crippen LogP contribution in [0.25, 0.3) is 0 Å². The Kier molecular flexibility index (Phi) is 1670. The molecule has 0 aliphatic carbocycles. The van der Waals surface area contributed by atoms with E-state index in [0.717, 1.165) is 0 Å². The molecule has 0 aliphatic heterocycles. The Balaban J connectivity index is -0.000000000152. The molecule has 0 saturated heterocycles. The van der Waals surface area contributed by atoms with Crippen molar-refractivity contribution in [3.63, 3.8) is 0 Å². The minimum absolute atomic E-state index is 0. The Labute approximate surface area is 1010 Å². The fourth-order valence-corrected chi connectivity index (χ4v) is 0. The first kappa shape index (κ1) is 240. The van der Waals surface area contributed by atoms with Crippen molar-refractivity contribution in [1.29, 1.82) is 0 Å². The van der Waals surface area contributed by atoms with Gasteiger partial charge >= 0.3 is 0 Å². The van der Waals surface area contributed by atoms with Crippen molar-refractivity contribution >= 4 is 0 Å². The summed E-state index contributed by atoms with van der Waals surface area (Å²) in [7, 11) is 0. The number of hydrogen-bond acceptors (Lipinski definition) is 0. The predicted molar refractivity (Wildman–Crippen MR) is 31.3 cm³/mol. The standard InChI is InChI=1S/2C3H7.31Y/c2*1-3-2;;;;;;;;;;;;;;;;;;;;;;;;;;;;;;;/h2*3H,1-2H3;;;;;;;;;;;;;;;;;;;;;;;;;;;;;;;/q2*-1;;;;;;;;;;;;;;;;;;;;;;;;;;;;;;;. The average molecular weight is 2840 g/mol. The molecular weight excluding hydrogens is 2830 g/mol. The zero-order valence-electron chi connectivity index (χ0n) is 23.1. The molecule has 0 fully saturated rings. The summed E-state index contributed by atoms with van der Waals surface area (Å²) >= 11 is 0. The van der Waals surface area contributed by atoms with E-state index in [2.05, 4.69) is 0 Å². The zero-order valence-corrected chi connectivity index (χ0v) is 111. The summed E-state index contributed by atoms with van der Waals surface area (Å²) < 4.78 is 0. The number of rotatable bonds is 0. The van der Waals surface area contributed by atoms with Gasteiger partial charge in [-0.1, -0.05) is 0 Å². The van der Waals surface area contributed by atoms with E-state index in [9.17, 15) is 0 Å². The molecule has 0 spiro atoms. The Bertz CT molecular complexity index is 25.7. The summed E-state index contributed by atoms with van der Waals surface area (Å²) in [4.78, 5) is 0. The van der Waals surface area contributed by atoms with Crippen molar-refractivity contribution in [3.8, 4) is 0 Å². The minimum Gasteiger partial charge on any atom is -0.335 e. The van der Waals surface area contributed by atoms with Crippen LogP contribution in [0.1, 0.15) is 27.7 Å². The van der Waals surface area contributed by atoms with Gasteiger partial charge in [-0.25, -0.2) is 0 Å². The van der Waals surface area contributed by atoms with E-state index in [1.54, 1.807) is 0 Å². The third kappa shape index (κ3) is 279. The third-order valence-electron chi connectivity index (χ3n) is 0. The van der Waals surface area contributed by atoms with E-state index in [4.69, 9.17) is 0 Å². The van der Waals surface area contributed by atoms with Crippen LogP contribution in [-0.2, 0) is 1010 Å². The molecule has 0 aliphatic rings. The summed E-state index contributed by atoms with van der Waals surface area (Å²) in [6.07, 6.45) is 4.00. The van der Waals surface area contributed by atoms with Gasteiger partial charge in [0.2, 0.25) is 0 Å². The van der Waals surface area contributed by atoms with Crippen LogP contribution in [0.4, 0.5) is 0 Å². The molecule has 31 heteroatoms. The van der Waals surface area contributed by atoms with Gasteiger partial charge in [0, 0.05) is 1010 Å². The van der Waals surface area contributed by atoms with E-state index in [1.165, 1.54) is 0 Å².